The monoisotopic (exact) mass is 337 g/mol. The van der Waals surface area contributed by atoms with Crippen LogP contribution in [-0.4, -0.2) is 27.9 Å². The van der Waals surface area contributed by atoms with E-state index >= 15 is 0 Å². The van der Waals surface area contributed by atoms with Gasteiger partial charge in [0.25, 0.3) is 0 Å². The topological polar surface area (TPSA) is 57.6 Å². The lowest BCUT2D eigenvalue weighted by molar-refractivity contribution is -0.133. The van der Waals surface area contributed by atoms with Crippen LogP contribution in [0.3, 0.4) is 0 Å². The average molecular weight is 337 g/mol. The molecule has 130 valence electrons. The summed E-state index contributed by atoms with van der Waals surface area (Å²) in [6.45, 7) is 2.75. The van der Waals surface area contributed by atoms with E-state index < -0.39 is 5.97 Å². The summed E-state index contributed by atoms with van der Waals surface area (Å²) >= 11 is 0. The molecule has 0 aliphatic heterocycles. The Morgan fingerprint density at radius 1 is 1.04 bits per heavy atom. The van der Waals surface area contributed by atoms with E-state index in [-0.39, 0.29) is 17.5 Å². The van der Waals surface area contributed by atoms with Crippen molar-refractivity contribution in [2.45, 2.75) is 38.8 Å². The Bertz CT molecular complexity index is 735. The highest BCUT2D eigenvalue weighted by atomic mass is 16.4. The molecule has 4 nitrogen and oxygen atoms in total. The van der Waals surface area contributed by atoms with Crippen LogP contribution in [0.25, 0.3) is 0 Å². The molecule has 3 rings (SSSR count). The van der Waals surface area contributed by atoms with Crippen molar-refractivity contribution < 1.29 is 14.7 Å². The summed E-state index contributed by atoms with van der Waals surface area (Å²) in [4.78, 5) is 25.8. The van der Waals surface area contributed by atoms with Gasteiger partial charge in [-0.05, 0) is 48.9 Å². The highest BCUT2D eigenvalue weighted by Crippen LogP contribution is 2.36. The second-order valence-electron chi connectivity index (χ2n) is 6.76. The summed E-state index contributed by atoms with van der Waals surface area (Å²) < 4.78 is 0. The number of rotatable bonds is 7. The van der Waals surface area contributed by atoms with Crippen molar-refractivity contribution in [2.24, 2.45) is 5.92 Å². The molecule has 1 aliphatic carbocycles. The van der Waals surface area contributed by atoms with Crippen molar-refractivity contribution in [3.8, 4) is 0 Å². The number of aromatic carboxylic acids is 1. The maximum absolute atomic E-state index is 12.9. The van der Waals surface area contributed by atoms with Gasteiger partial charge in [-0.25, -0.2) is 4.79 Å². The fourth-order valence-corrected chi connectivity index (χ4v) is 3.11. The molecule has 0 spiro atoms. The summed E-state index contributed by atoms with van der Waals surface area (Å²) in [6.07, 6.45) is 2.67. The summed E-state index contributed by atoms with van der Waals surface area (Å²) in [7, 11) is 0. The van der Waals surface area contributed by atoms with Crippen LogP contribution in [0, 0.1) is 5.92 Å². The predicted octanol–water partition coefficient (Wildman–Crippen LogP) is 3.75. The Morgan fingerprint density at radius 2 is 1.68 bits per heavy atom. The van der Waals surface area contributed by atoms with Gasteiger partial charge in [-0.2, -0.15) is 0 Å². The first-order valence-electron chi connectivity index (χ1n) is 8.70. The third-order valence-electron chi connectivity index (χ3n) is 4.87. The maximum Gasteiger partial charge on any atom is 0.335 e. The van der Waals surface area contributed by atoms with Gasteiger partial charge in [0.15, 0.2) is 0 Å². The minimum absolute atomic E-state index is 0.0892. The SMILES string of the molecule is CC(C1CC1)N(Cc1ccccc1)C(=O)Cc1ccc(C(=O)O)cc1. The van der Waals surface area contributed by atoms with Crippen molar-refractivity contribution in [2.75, 3.05) is 0 Å². The number of carbonyl (C=O) groups is 2. The minimum Gasteiger partial charge on any atom is -0.478 e. The standard InChI is InChI=1S/C21H23NO3/c1-15(18-11-12-18)22(14-17-5-3-2-4-6-17)20(23)13-16-7-9-19(10-8-16)21(24)25/h2-10,15,18H,11-14H2,1H3,(H,24,25). The summed E-state index contributed by atoms with van der Waals surface area (Å²) in [5.74, 6) is -0.265. The molecule has 1 unspecified atom stereocenters. The van der Waals surface area contributed by atoms with Gasteiger partial charge in [0.2, 0.25) is 5.91 Å². The number of benzene rings is 2. The van der Waals surface area contributed by atoms with E-state index in [1.807, 2.05) is 35.2 Å². The molecule has 1 atom stereocenters. The van der Waals surface area contributed by atoms with E-state index in [9.17, 15) is 9.59 Å². The Balaban J connectivity index is 1.73. The fourth-order valence-electron chi connectivity index (χ4n) is 3.11. The van der Waals surface area contributed by atoms with Gasteiger partial charge in [0.1, 0.15) is 0 Å². The van der Waals surface area contributed by atoms with E-state index in [1.165, 1.54) is 12.8 Å². The van der Waals surface area contributed by atoms with Gasteiger partial charge < -0.3 is 10.0 Å². The van der Waals surface area contributed by atoms with Gasteiger partial charge in [-0.1, -0.05) is 42.5 Å². The zero-order chi connectivity index (χ0) is 17.8. The number of carboxylic acid groups (broad SMARTS) is 1. The molecule has 0 aromatic heterocycles. The molecule has 4 heteroatoms. The highest BCUT2D eigenvalue weighted by Gasteiger charge is 2.34. The molecule has 1 N–H and O–H groups in total. The molecule has 0 heterocycles. The average Bonchev–Trinajstić information content (AvgIpc) is 3.45. The highest BCUT2D eigenvalue weighted by molar-refractivity contribution is 5.87. The van der Waals surface area contributed by atoms with Crippen LogP contribution < -0.4 is 0 Å². The third-order valence-corrected chi connectivity index (χ3v) is 4.87. The molecule has 1 fully saturated rings. The number of carboxylic acids is 1. The van der Waals surface area contributed by atoms with Crippen LogP contribution in [0.15, 0.2) is 54.6 Å². The zero-order valence-electron chi connectivity index (χ0n) is 14.4. The molecule has 1 amide bonds. The zero-order valence-corrected chi connectivity index (χ0v) is 14.4. The molecular weight excluding hydrogens is 314 g/mol. The van der Waals surface area contributed by atoms with Crippen molar-refractivity contribution in [1.29, 1.82) is 0 Å². The summed E-state index contributed by atoms with van der Waals surface area (Å²) in [5, 5.41) is 8.98. The van der Waals surface area contributed by atoms with Crippen LogP contribution in [0.1, 0.15) is 41.3 Å². The molecule has 0 radical (unpaired) electrons. The van der Waals surface area contributed by atoms with Crippen LogP contribution in [0.2, 0.25) is 0 Å². The Kier molecular flexibility index (Phi) is 5.17. The maximum atomic E-state index is 12.9. The largest absolute Gasteiger partial charge is 0.478 e. The summed E-state index contributed by atoms with van der Waals surface area (Å²) in [6, 6.07) is 16.8. The van der Waals surface area contributed by atoms with Crippen molar-refractivity contribution in [1.82, 2.24) is 4.90 Å². The number of hydrogen-bond acceptors (Lipinski definition) is 2. The van der Waals surface area contributed by atoms with Crippen molar-refractivity contribution in [3.63, 3.8) is 0 Å². The second-order valence-corrected chi connectivity index (χ2v) is 6.76. The van der Waals surface area contributed by atoms with Crippen molar-refractivity contribution >= 4 is 11.9 Å². The van der Waals surface area contributed by atoms with Gasteiger partial charge in [0.05, 0.1) is 12.0 Å². The van der Waals surface area contributed by atoms with Crippen LogP contribution in [-0.2, 0) is 17.8 Å². The lowest BCUT2D eigenvalue weighted by Crippen LogP contribution is -2.40. The molecule has 2 aromatic carbocycles. The van der Waals surface area contributed by atoms with E-state index in [0.717, 1.165) is 11.1 Å². The molecule has 25 heavy (non-hydrogen) atoms. The van der Waals surface area contributed by atoms with E-state index in [4.69, 9.17) is 5.11 Å². The number of nitrogens with zero attached hydrogens (tertiary/aromatic N) is 1. The van der Waals surface area contributed by atoms with Gasteiger partial charge in [-0.15, -0.1) is 0 Å². The van der Waals surface area contributed by atoms with Crippen LogP contribution in [0.4, 0.5) is 0 Å². The molecule has 1 saturated carbocycles. The van der Waals surface area contributed by atoms with E-state index in [1.54, 1.807) is 24.3 Å². The van der Waals surface area contributed by atoms with E-state index in [2.05, 4.69) is 6.92 Å². The number of amides is 1. The minimum atomic E-state index is -0.953. The normalized spacial score (nSPS) is 14.8. The quantitative estimate of drug-likeness (QED) is 0.837. The van der Waals surface area contributed by atoms with Crippen molar-refractivity contribution in [3.05, 3.63) is 71.3 Å². The Labute approximate surface area is 148 Å². The lowest BCUT2D eigenvalue weighted by Gasteiger charge is -2.30. The molecular formula is C21H23NO3. The third kappa shape index (κ3) is 4.47. The first kappa shape index (κ1) is 17.2. The molecule has 2 aromatic rings. The fraction of sp³-hybridized carbons (Fsp3) is 0.333. The van der Waals surface area contributed by atoms with Crippen LogP contribution >= 0.6 is 0 Å². The first-order chi connectivity index (χ1) is 12.0. The lowest BCUT2D eigenvalue weighted by atomic mass is 10.1. The van der Waals surface area contributed by atoms with E-state index in [0.29, 0.717) is 18.9 Å². The Hall–Kier alpha value is -2.62. The smallest absolute Gasteiger partial charge is 0.335 e. The first-order valence-corrected chi connectivity index (χ1v) is 8.70. The summed E-state index contributed by atoms with van der Waals surface area (Å²) in [5.41, 5.74) is 2.21. The molecule has 0 saturated heterocycles. The number of carbonyl (C=O) groups excluding carboxylic acids is 1. The van der Waals surface area contributed by atoms with Gasteiger partial charge in [-0.3, -0.25) is 4.79 Å². The molecule has 1 aliphatic rings. The molecule has 0 bridgehead atoms. The van der Waals surface area contributed by atoms with Gasteiger partial charge >= 0.3 is 5.97 Å². The second kappa shape index (κ2) is 7.51. The van der Waals surface area contributed by atoms with Gasteiger partial charge in [0, 0.05) is 12.6 Å². The van der Waals surface area contributed by atoms with Crippen LogP contribution in [0.5, 0.6) is 0 Å². The number of hydrogen-bond donors (Lipinski definition) is 1. The predicted molar refractivity (Wildman–Crippen MR) is 96.3 cm³/mol. The Morgan fingerprint density at radius 3 is 2.24 bits per heavy atom.